The second kappa shape index (κ2) is 9.68. The smallest absolute Gasteiger partial charge is 0.310 e. The number of hydrogen-bond acceptors (Lipinski definition) is 5. The zero-order valence-corrected chi connectivity index (χ0v) is 22.0. The highest BCUT2D eigenvalue weighted by Crippen LogP contribution is 2.57. The molecule has 4 aliphatic rings. The van der Waals surface area contributed by atoms with E-state index in [0.29, 0.717) is 11.8 Å². The van der Waals surface area contributed by atoms with Crippen molar-refractivity contribution in [3.05, 3.63) is 83.9 Å². The van der Waals surface area contributed by atoms with Crippen LogP contribution in [0.4, 0.5) is 0 Å². The van der Waals surface area contributed by atoms with Crippen LogP contribution in [0.1, 0.15) is 50.2 Å². The summed E-state index contributed by atoms with van der Waals surface area (Å²) in [4.78, 5) is 17.7. The molecular formula is C32H40N2O3. The second-order valence-electron chi connectivity index (χ2n) is 12.1. The Morgan fingerprint density at radius 1 is 1.03 bits per heavy atom. The summed E-state index contributed by atoms with van der Waals surface area (Å²) >= 11 is 0. The average molecular weight is 501 g/mol. The molecule has 0 amide bonds. The number of allylic oxidation sites excluding steroid dienone is 1. The van der Waals surface area contributed by atoms with Crippen molar-refractivity contribution in [2.75, 3.05) is 32.7 Å². The molecule has 2 saturated heterocycles. The highest BCUT2D eigenvalue weighted by molar-refractivity contribution is 5.75. The molecule has 0 unspecified atom stereocenters. The SMILES string of the molecule is C=C1CCC[C@]2(C)C[C@H]3OC(=O)[C@H](CN4CCN(C(O)(c5ccccc5)c5ccccc5)CC4)[C@@H]3C[C@@H]12. The number of carbonyl (C=O) groups is 1. The first kappa shape index (κ1) is 24.8. The van der Waals surface area contributed by atoms with E-state index >= 15 is 0 Å². The molecule has 0 bridgehead atoms. The van der Waals surface area contributed by atoms with Gasteiger partial charge < -0.3 is 9.84 Å². The van der Waals surface area contributed by atoms with E-state index in [1.807, 2.05) is 60.7 Å². The molecule has 2 aliphatic heterocycles. The molecule has 2 heterocycles. The molecule has 5 nitrogen and oxygen atoms in total. The molecule has 4 fully saturated rings. The lowest BCUT2D eigenvalue weighted by molar-refractivity contribution is -0.146. The van der Waals surface area contributed by atoms with E-state index in [9.17, 15) is 9.90 Å². The molecule has 2 aliphatic carbocycles. The molecule has 37 heavy (non-hydrogen) atoms. The summed E-state index contributed by atoms with van der Waals surface area (Å²) in [6, 6.07) is 19.9. The van der Waals surface area contributed by atoms with Gasteiger partial charge in [0.2, 0.25) is 0 Å². The molecule has 2 aromatic rings. The number of piperazine rings is 1. The molecule has 0 radical (unpaired) electrons. The molecule has 2 saturated carbocycles. The van der Waals surface area contributed by atoms with E-state index in [1.165, 1.54) is 18.4 Å². The van der Waals surface area contributed by atoms with Gasteiger partial charge in [0.05, 0.1) is 5.92 Å². The number of nitrogens with zero attached hydrogens (tertiary/aromatic N) is 2. The van der Waals surface area contributed by atoms with E-state index in [-0.39, 0.29) is 23.4 Å². The van der Waals surface area contributed by atoms with Crippen LogP contribution in [0.25, 0.3) is 0 Å². The summed E-state index contributed by atoms with van der Waals surface area (Å²) in [5.74, 6) is 0.750. The zero-order chi connectivity index (χ0) is 25.6. The minimum Gasteiger partial charge on any atom is -0.462 e. The molecule has 5 heteroatoms. The molecule has 2 aromatic carbocycles. The van der Waals surface area contributed by atoms with Crippen molar-refractivity contribution in [2.45, 2.75) is 50.9 Å². The zero-order valence-electron chi connectivity index (χ0n) is 22.0. The Balaban J connectivity index is 1.15. The molecule has 6 rings (SSSR count). The van der Waals surface area contributed by atoms with Crippen LogP contribution in [0.2, 0.25) is 0 Å². The first-order valence-electron chi connectivity index (χ1n) is 14.1. The lowest BCUT2D eigenvalue weighted by atomic mass is 9.55. The van der Waals surface area contributed by atoms with Gasteiger partial charge in [0.1, 0.15) is 6.10 Å². The third-order valence-electron chi connectivity index (χ3n) is 9.96. The number of fused-ring (bicyclic) bond motifs is 2. The van der Waals surface area contributed by atoms with Gasteiger partial charge in [-0.3, -0.25) is 14.6 Å². The minimum absolute atomic E-state index is 0.00429. The van der Waals surface area contributed by atoms with Crippen molar-refractivity contribution in [3.8, 4) is 0 Å². The summed E-state index contributed by atoms with van der Waals surface area (Å²) in [5.41, 5.74) is 2.21. The van der Waals surface area contributed by atoms with Crippen molar-refractivity contribution in [1.29, 1.82) is 0 Å². The monoisotopic (exact) mass is 500 g/mol. The molecule has 0 aromatic heterocycles. The number of rotatable bonds is 5. The Kier molecular flexibility index (Phi) is 6.50. The fraction of sp³-hybridized carbons (Fsp3) is 0.531. The van der Waals surface area contributed by atoms with Crippen molar-refractivity contribution >= 4 is 5.97 Å². The van der Waals surface area contributed by atoms with Crippen LogP contribution < -0.4 is 0 Å². The van der Waals surface area contributed by atoms with Crippen LogP contribution in [-0.2, 0) is 15.3 Å². The van der Waals surface area contributed by atoms with Crippen molar-refractivity contribution < 1.29 is 14.6 Å². The quantitative estimate of drug-likeness (QED) is 0.472. The number of esters is 1. The standard InChI is InChI=1S/C32H40N2O3/c1-23-10-9-15-31(2)21-29-26(20-28(23)31)27(30(35)37-29)22-33-16-18-34(19-17-33)32(36,24-11-5-3-6-12-24)25-13-7-4-8-14-25/h3-8,11-14,26-29,36H,1,9-10,15-22H2,2H3/t26-,27+,28-,29+,31+/m0/s1. The van der Waals surface area contributed by atoms with E-state index in [2.05, 4.69) is 23.3 Å². The Labute approximate surface area is 221 Å². The van der Waals surface area contributed by atoms with Gasteiger partial charge in [-0.15, -0.1) is 0 Å². The summed E-state index contributed by atoms with van der Waals surface area (Å²) in [6.07, 6.45) is 5.65. The maximum atomic E-state index is 13.1. The molecular weight excluding hydrogens is 460 g/mol. The van der Waals surface area contributed by atoms with Gasteiger partial charge >= 0.3 is 5.97 Å². The Hall–Kier alpha value is -2.47. The highest BCUT2D eigenvalue weighted by atomic mass is 16.6. The third kappa shape index (κ3) is 4.35. The van der Waals surface area contributed by atoms with Crippen LogP contribution in [0, 0.1) is 23.2 Å². The van der Waals surface area contributed by atoms with E-state index in [1.54, 1.807) is 0 Å². The van der Waals surface area contributed by atoms with Gasteiger partial charge in [-0.25, -0.2) is 0 Å². The van der Waals surface area contributed by atoms with Gasteiger partial charge in [0, 0.05) is 49.8 Å². The normalized spacial score (nSPS) is 33.0. The second-order valence-corrected chi connectivity index (χ2v) is 12.1. The van der Waals surface area contributed by atoms with Crippen LogP contribution >= 0.6 is 0 Å². The number of carbonyl (C=O) groups excluding carboxylic acids is 1. The number of benzene rings is 2. The van der Waals surface area contributed by atoms with Crippen molar-refractivity contribution in [2.24, 2.45) is 23.2 Å². The van der Waals surface area contributed by atoms with Gasteiger partial charge in [0.15, 0.2) is 5.72 Å². The number of aliphatic hydroxyl groups is 1. The number of hydrogen-bond donors (Lipinski definition) is 1. The number of ether oxygens (including phenoxy) is 1. The molecule has 196 valence electrons. The molecule has 5 atom stereocenters. The lowest BCUT2D eigenvalue weighted by Crippen LogP contribution is -2.57. The van der Waals surface area contributed by atoms with Gasteiger partial charge in [0.25, 0.3) is 0 Å². The van der Waals surface area contributed by atoms with Crippen LogP contribution in [0.3, 0.4) is 0 Å². The fourth-order valence-electron chi connectivity index (χ4n) is 7.87. The van der Waals surface area contributed by atoms with Gasteiger partial charge in [-0.2, -0.15) is 0 Å². The first-order chi connectivity index (χ1) is 17.9. The maximum absolute atomic E-state index is 13.1. The molecule has 1 N–H and O–H groups in total. The van der Waals surface area contributed by atoms with Crippen LogP contribution in [-0.4, -0.2) is 59.7 Å². The van der Waals surface area contributed by atoms with E-state index in [0.717, 1.165) is 63.1 Å². The maximum Gasteiger partial charge on any atom is 0.310 e. The van der Waals surface area contributed by atoms with Gasteiger partial charge in [-0.1, -0.05) is 79.7 Å². The first-order valence-corrected chi connectivity index (χ1v) is 14.1. The summed E-state index contributed by atoms with van der Waals surface area (Å²) < 4.78 is 6.01. The topological polar surface area (TPSA) is 53.0 Å². The summed E-state index contributed by atoms with van der Waals surface area (Å²) in [5, 5.41) is 12.1. The Morgan fingerprint density at radius 3 is 2.27 bits per heavy atom. The highest BCUT2D eigenvalue weighted by Gasteiger charge is 2.55. The summed E-state index contributed by atoms with van der Waals surface area (Å²) in [7, 11) is 0. The average Bonchev–Trinajstić information content (AvgIpc) is 3.21. The largest absolute Gasteiger partial charge is 0.462 e. The van der Waals surface area contributed by atoms with Gasteiger partial charge in [-0.05, 0) is 43.4 Å². The summed E-state index contributed by atoms with van der Waals surface area (Å²) in [6.45, 7) is 10.7. The fourth-order valence-corrected chi connectivity index (χ4v) is 7.87. The van der Waals surface area contributed by atoms with Crippen molar-refractivity contribution in [3.63, 3.8) is 0 Å². The third-order valence-corrected chi connectivity index (χ3v) is 9.96. The van der Waals surface area contributed by atoms with E-state index < -0.39 is 5.72 Å². The predicted molar refractivity (Wildman–Crippen MR) is 145 cm³/mol. The molecule has 0 spiro atoms. The van der Waals surface area contributed by atoms with Crippen LogP contribution in [0.15, 0.2) is 72.8 Å². The lowest BCUT2D eigenvalue weighted by Gasteiger charge is -2.50. The Bertz CT molecular complexity index is 1090. The van der Waals surface area contributed by atoms with E-state index in [4.69, 9.17) is 4.74 Å². The predicted octanol–water partition coefficient (Wildman–Crippen LogP) is 4.81. The minimum atomic E-state index is -1.18. The van der Waals surface area contributed by atoms with Crippen LogP contribution in [0.5, 0.6) is 0 Å². The van der Waals surface area contributed by atoms with Crippen molar-refractivity contribution in [1.82, 2.24) is 9.80 Å². The Morgan fingerprint density at radius 2 is 1.65 bits per heavy atom.